The van der Waals surface area contributed by atoms with Crippen molar-refractivity contribution in [2.45, 2.75) is 54.4 Å². The highest BCUT2D eigenvalue weighted by atomic mass is 19.1. The highest BCUT2D eigenvalue weighted by Gasteiger charge is 2.14. The first-order valence-corrected chi connectivity index (χ1v) is 10.9. The Morgan fingerprint density at radius 2 is 1.88 bits per heavy atom. The van der Waals surface area contributed by atoms with E-state index in [1.807, 2.05) is 13.8 Å². The van der Waals surface area contributed by atoms with Gasteiger partial charge in [0.1, 0.15) is 11.5 Å². The first-order valence-electron chi connectivity index (χ1n) is 10.9. The van der Waals surface area contributed by atoms with Crippen molar-refractivity contribution in [2.24, 2.45) is 5.92 Å². The molecule has 0 bridgehead atoms. The monoisotopic (exact) mass is 449 g/mol. The SMILES string of the molecule is CC.CC(C)C.CCOC(=O)CCCNc1nc(-c2c[nH]c3ncc(F)cc23)ncc1F. The average Bonchev–Trinajstić information content (AvgIpc) is 3.16. The second-order valence-corrected chi connectivity index (χ2v) is 7.21. The number of ether oxygens (including phenoxy) is 1. The van der Waals surface area contributed by atoms with Gasteiger partial charge in [0.25, 0.3) is 0 Å². The number of aromatic nitrogens is 4. The van der Waals surface area contributed by atoms with Gasteiger partial charge in [-0.25, -0.2) is 23.7 Å². The van der Waals surface area contributed by atoms with Gasteiger partial charge >= 0.3 is 5.97 Å². The molecule has 0 aliphatic rings. The van der Waals surface area contributed by atoms with Gasteiger partial charge in [-0.2, -0.15) is 0 Å². The van der Waals surface area contributed by atoms with Crippen molar-refractivity contribution in [1.82, 2.24) is 19.9 Å². The molecule has 0 radical (unpaired) electrons. The topological polar surface area (TPSA) is 92.8 Å². The Bertz CT molecular complexity index is 973. The zero-order chi connectivity index (χ0) is 24.1. The molecule has 3 heterocycles. The van der Waals surface area contributed by atoms with Gasteiger partial charge in [0.05, 0.1) is 19.0 Å². The zero-order valence-electron chi connectivity index (χ0n) is 19.6. The number of anilines is 1. The first kappa shape index (κ1) is 26.9. The Hall–Kier alpha value is -3.10. The van der Waals surface area contributed by atoms with Crippen molar-refractivity contribution < 1.29 is 18.3 Å². The maximum Gasteiger partial charge on any atom is 0.305 e. The van der Waals surface area contributed by atoms with Gasteiger partial charge in [0.2, 0.25) is 0 Å². The molecule has 2 N–H and O–H groups in total. The van der Waals surface area contributed by atoms with Gasteiger partial charge in [-0.1, -0.05) is 34.6 Å². The van der Waals surface area contributed by atoms with Crippen molar-refractivity contribution in [2.75, 3.05) is 18.5 Å². The normalized spacial score (nSPS) is 10.2. The minimum atomic E-state index is -0.617. The number of carbonyl (C=O) groups is 1. The number of H-pyrrole nitrogens is 1. The van der Waals surface area contributed by atoms with Crippen LogP contribution in [0.25, 0.3) is 22.4 Å². The van der Waals surface area contributed by atoms with Crippen LogP contribution in [0.15, 0.2) is 24.7 Å². The Balaban J connectivity index is 0.000000769. The van der Waals surface area contributed by atoms with Crippen molar-refractivity contribution >= 4 is 22.8 Å². The lowest BCUT2D eigenvalue weighted by molar-refractivity contribution is -0.143. The summed E-state index contributed by atoms with van der Waals surface area (Å²) >= 11 is 0. The molecular weight excluding hydrogens is 416 g/mol. The van der Waals surface area contributed by atoms with Crippen LogP contribution in [0.4, 0.5) is 14.6 Å². The van der Waals surface area contributed by atoms with Gasteiger partial charge in [0.15, 0.2) is 17.5 Å². The minimum Gasteiger partial charge on any atom is -0.466 e. The van der Waals surface area contributed by atoms with Gasteiger partial charge in [-0.15, -0.1) is 0 Å². The van der Waals surface area contributed by atoms with E-state index in [4.69, 9.17) is 4.74 Å². The number of hydrogen-bond donors (Lipinski definition) is 2. The van der Waals surface area contributed by atoms with E-state index in [0.717, 1.165) is 18.3 Å². The number of pyridine rings is 1. The lowest BCUT2D eigenvalue weighted by Crippen LogP contribution is -2.10. The summed E-state index contributed by atoms with van der Waals surface area (Å²) in [5.74, 6) is -0.325. The maximum absolute atomic E-state index is 13.9. The van der Waals surface area contributed by atoms with E-state index in [1.54, 1.807) is 13.1 Å². The number of nitrogens with one attached hydrogen (secondary N) is 2. The van der Waals surface area contributed by atoms with Crippen LogP contribution in [0.1, 0.15) is 54.4 Å². The molecule has 0 amide bonds. The van der Waals surface area contributed by atoms with Crippen molar-refractivity contribution in [3.63, 3.8) is 0 Å². The van der Waals surface area contributed by atoms with Crippen LogP contribution in [0.3, 0.4) is 0 Å². The van der Waals surface area contributed by atoms with Crippen LogP contribution in [0.5, 0.6) is 0 Å². The molecule has 3 rings (SSSR count). The van der Waals surface area contributed by atoms with Gasteiger partial charge in [0, 0.05) is 30.1 Å². The Kier molecular flexibility index (Phi) is 11.8. The predicted octanol–water partition coefficient (Wildman–Crippen LogP) is 5.74. The molecule has 0 saturated heterocycles. The molecule has 0 aromatic carbocycles. The number of carbonyl (C=O) groups excluding carboxylic acids is 1. The number of nitrogens with zero attached hydrogens (tertiary/aromatic N) is 3. The first-order chi connectivity index (χ1) is 15.3. The third-order valence-electron chi connectivity index (χ3n) is 3.64. The molecule has 3 aromatic heterocycles. The largest absolute Gasteiger partial charge is 0.466 e. The van der Waals surface area contributed by atoms with Gasteiger partial charge in [-0.3, -0.25) is 4.79 Å². The fourth-order valence-corrected chi connectivity index (χ4v) is 2.46. The summed E-state index contributed by atoms with van der Waals surface area (Å²) < 4.78 is 32.2. The standard InChI is InChI=1S/C17H17F2N5O2.C4H10.C2H6/c1-2-26-14(25)4-3-5-20-17-13(19)9-23-16(24-17)12-8-22-15-11(12)6-10(18)7-21-15;1-4(2)3;1-2/h6-9H,2-5H2,1H3,(H,21,22)(H,20,23,24);4H,1-3H3;1-2H3. The smallest absolute Gasteiger partial charge is 0.305 e. The van der Waals surface area contributed by atoms with Gasteiger partial charge in [-0.05, 0) is 25.3 Å². The van der Waals surface area contributed by atoms with Crippen LogP contribution in [-0.2, 0) is 9.53 Å². The molecule has 7 nitrogen and oxygen atoms in total. The van der Waals surface area contributed by atoms with Crippen LogP contribution in [0, 0.1) is 17.6 Å². The molecule has 0 atom stereocenters. The number of halogens is 2. The van der Waals surface area contributed by atoms with Crippen LogP contribution >= 0.6 is 0 Å². The molecule has 32 heavy (non-hydrogen) atoms. The highest BCUT2D eigenvalue weighted by molar-refractivity contribution is 5.91. The molecule has 0 aliphatic carbocycles. The molecule has 0 fully saturated rings. The maximum atomic E-state index is 13.9. The molecule has 176 valence electrons. The molecule has 9 heteroatoms. The summed E-state index contributed by atoms with van der Waals surface area (Å²) in [6, 6.07) is 1.31. The molecular formula is C23H33F2N5O2. The predicted molar refractivity (Wildman–Crippen MR) is 123 cm³/mol. The van der Waals surface area contributed by atoms with E-state index in [-0.39, 0.29) is 24.0 Å². The van der Waals surface area contributed by atoms with E-state index < -0.39 is 11.6 Å². The Morgan fingerprint density at radius 3 is 2.53 bits per heavy atom. The number of rotatable bonds is 7. The average molecular weight is 450 g/mol. The molecule has 3 aromatic rings. The lowest BCUT2D eigenvalue weighted by Gasteiger charge is -2.08. The van der Waals surface area contributed by atoms with E-state index in [1.165, 1.54) is 6.07 Å². The number of fused-ring (bicyclic) bond motifs is 1. The molecule has 0 spiro atoms. The molecule has 0 unspecified atom stereocenters. The van der Waals surface area contributed by atoms with Gasteiger partial charge < -0.3 is 15.0 Å². The van der Waals surface area contributed by atoms with Crippen molar-refractivity contribution in [1.29, 1.82) is 0 Å². The van der Waals surface area contributed by atoms with Crippen LogP contribution < -0.4 is 5.32 Å². The Labute approximate surface area is 188 Å². The fourth-order valence-electron chi connectivity index (χ4n) is 2.46. The van der Waals surface area contributed by atoms with Crippen LogP contribution in [-0.4, -0.2) is 39.1 Å². The van der Waals surface area contributed by atoms with Crippen molar-refractivity contribution in [3.8, 4) is 11.4 Å². The van der Waals surface area contributed by atoms with E-state index >= 15 is 0 Å². The van der Waals surface area contributed by atoms with E-state index in [0.29, 0.717) is 36.2 Å². The summed E-state index contributed by atoms with van der Waals surface area (Å²) in [4.78, 5) is 26.3. The highest BCUT2D eigenvalue weighted by Crippen LogP contribution is 2.26. The third kappa shape index (κ3) is 8.56. The fraction of sp³-hybridized carbons (Fsp3) is 0.478. The zero-order valence-corrected chi connectivity index (χ0v) is 19.6. The molecule has 0 aliphatic heterocycles. The van der Waals surface area contributed by atoms with Crippen LogP contribution in [0.2, 0.25) is 0 Å². The summed E-state index contributed by atoms with van der Waals surface area (Å²) in [5.41, 5.74) is 1.000. The molecule has 0 saturated carbocycles. The number of esters is 1. The van der Waals surface area contributed by atoms with Crippen molar-refractivity contribution in [3.05, 3.63) is 36.3 Å². The lowest BCUT2D eigenvalue weighted by atomic mass is 10.2. The minimum absolute atomic E-state index is 0.0116. The Morgan fingerprint density at radius 1 is 1.19 bits per heavy atom. The third-order valence-corrected chi connectivity index (χ3v) is 3.64. The summed E-state index contributed by atoms with van der Waals surface area (Å²) in [6.45, 7) is 12.9. The summed E-state index contributed by atoms with van der Waals surface area (Å²) in [7, 11) is 0. The number of aromatic amines is 1. The second-order valence-electron chi connectivity index (χ2n) is 7.21. The second kappa shape index (κ2) is 14.1. The summed E-state index contributed by atoms with van der Waals surface area (Å²) in [5, 5.41) is 3.34. The van der Waals surface area contributed by atoms with E-state index in [2.05, 4.69) is 46.0 Å². The quantitative estimate of drug-likeness (QED) is 0.353. The van der Waals surface area contributed by atoms with E-state index in [9.17, 15) is 13.6 Å². The number of hydrogen-bond acceptors (Lipinski definition) is 6. The summed E-state index contributed by atoms with van der Waals surface area (Å²) in [6.07, 6.45) is 4.44.